The number of allylic oxidation sites excluding steroid dienone is 1. The highest BCUT2D eigenvalue weighted by molar-refractivity contribution is 9.07. The van der Waals surface area contributed by atoms with Gasteiger partial charge in [-0.25, -0.2) is 0 Å². The van der Waals surface area contributed by atoms with Crippen LogP contribution in [0.4, 0.5) is 0 Å². The van der Waals surface area contributed by atoms with Gasteiger partial charge in [-0.3, -0.25) is 3.93 Å². The molecule has 2 rings (SSSR count). The standard InChI is InChI=1S/C7H8BrNO/c8-9-4-1-2-6-3-5-10-7(6)9/h1-2H,3-5H2. The van der Waals surface area contributed by atoms with E-state index in [0.717, 1.165) is 25.5 Å². The molecular formula is C7H8BrNO. The van der Waals surface area contributed by atoms with Gasteiger partial charge in [0.05, 0.1) is 29.3 Å². The first-order valence-corrected chi connectivity index (χ1v) is 4.04. The van der Waals surface area contributed by atoms with Crippen LogP contribution in [-0.4, -0.2) is 17.1 Å². The third-order valence-corrected chi connectivity index (χ3v) is 2.30. The van der Waals surface area contributed by atoms with E-state index in [-0.39, 0.29) is 0 Å². The van der Waals surface area contributed by atoms with E-state index >= 15 is 0 Å². The van der Waals surface area contributed by atoms with E-state index in [2.05, 4.69) is 28.3 Å². The summed E-state index contributed by atoms with van der Waals surface area (Å²) in [4.78, 5) is 0. The van der Waals surface area contributed by atoms with Crippen LogP contribution in [-0.2, 0) is 4.74 Å². The maximum atomic E-state index is 5.38. The molecule has 0 aliphatic carbocycles. The Bertz CT molecular complexity index is 210. The first kappa shape index (κ1) is 6.28. The Morgan fingerprint density at radius 2 is 2.50 bits per heavy atom. The van der Waals surface area contributed by atoms with E-state index in [9.17, 15) is 0 Å². The summed E-state index contributed by atoms with van der Waals surface area (Å²) in [6.45, 7) is 1.73. The molecule has 0 aromatic rings. The third kappa shape index (κ3) is 0.850. The monoisotopic (exact) mass is 201 g/mol. The fourth-order valence-electron chi connectivity index (χ4n) is 1.21. The Labute approximate surface area is 68.5 Å². The van der Waals surface area contributed by atoms with Crippen LogP contribution in [0.1, 0.15) is 6.42 Å². The number of nitrogens with zero attached hydrogens (tertiary/aromatic N) is 1. The van der Waals surface area contributed by atoms with E-state index in [1.165, 1.54) is 5.57 Å². The molecule has 0 unspecified atom stereocenters. The molecule has 0 spiro atoms. The Hall–Kier alpha value is -0.440. The van der Waals surface area contributed by atoms with E-state index < -0.39 is 0 Å². The van der Waals surface area contributed by atoms with Crippen LogP contribution in [0.15, 0.2) is 23.6 Å². The molecular weight excluding hydrogens is 194 g/mol. The average Bonchev–Trinajstić information content (AvgIpc) is 2.36. The van der Waals surface area contributed by atoms with Crippen LogP contribution >= 0.6 is 16.1 Å². The number of rotatable bonds is 0. The van der Waals surface area contributed by atoms with E-state index in [1.807, 2.05) is 3.93 Å². The quantitative estimate of drug-likeness (QED) is 0.555. The molecule has 0 fully saturated rings. The van der Waals surface area contributed by atoms with Crippen LogP contribution in [0.5, 0.6) is 0 Å². The molecule has 0 bridgehead atoms. The predicted octanol–water partition coefficient (Wildman–Crippen LogP) is 1.80. The smallest absolute Gasteiger partial charge is 0.203 e. The lowest BCUT2D eigenvalue weighted by Gasteiger charge is -2.18. The number of hydrogen-bond donors (Lipinski definition) is 0. The second kappa shape index (κ2) is 2.31. The van der Waals surface area contributed by atoms with Crippen LogP contribution < -0.4 is 0 Å². The van der Waals surface area contributed by atoms with Crippen molar-refractivity contribution in [1.29, 1.82) is 0 Å². The van der Waals surface area contributed by atoms with E-state index in [0.29, 0.717) is 0 Å². The fourth-order valence-corrected chi connectivity index (χ4v) is 1.71. The van der Waals surface area contributed by atoms with Crippen LogP contribution in [0, 0.1) is 0 Å². The van der Waals surface area contributed by atoms with Crippen molar-refractivity contribution < 1.29 is 4.74 Å². The van der Waals surface area contributed by atoms with Crippen LogP contribution in [0.3, 0.4) is 0 Å². The molecule has 0 saturated heterocycles. The van der Waals surface area contributed by atoms with E-state index in [1.54, 1.807) is 0 Å². The van der Waals surface area contributed by atoms with Crippen LogP contribution in [0.2, 0.25) is 0 Å². The van der Waals surface area contributed by atoms with Crippen molar-refractivity contribution in [3.8, 4) is 0 Å². The van der Waals surface area contributed by atoms with Gasteiger partial charge in [0.1, 0.15) is 0 Å². The number of ether oxygens (including phenoxy) is 1. The molecule has 0 radical (unpaired) electrons. The summed E-state index contributed by atoms with van der Waals surface area (Å²) in [6, 6.07) is 0. The number of hydrogen-bond acceptors (Lipinski definition) is 2. The molecule has 0 amide bonds. The highest BCUT2D eigenvalue weighted by atomic mass is 79.9. The highest BCUT2D eigenvalue weighted by Gasteiger charge is 2.20. The summed E-state index contributed by atoms with van der Waals surface area (Å²) in [6.07, 6.45) is 5.32. The first-order chi connectivity index (χ1) is 4.88. The van der Waals surface area contributed by atoms with Gasteiger partial charge in [0.2, 0.25) is 5.88 Å². The maximum absolute atomic E-state index is 5.38. The van der Waals surface area contributed by atoms with Crippen molar-refractivity contribution in [3.63, 3.8) is 0 Å². The highest BCUT2D eigenvalue weighted by Crippen LogP contribution is 2.28. The second-order valence-corrected chi connectivity index (χ2v) is 3.23. The third-order valence-electron chi connectivity index (χ3n) is 1.69. The SMILES string of the molecule is BrN1CC=CC2=C1OCC2. The van der Waals surface area contributed by atoms with Crippen LogP contribution in [0.25, 0.3) is 0 Å². The normalized spacial score (nSPS) is 23.1. The second-order valence-electron chi connectivity index (χ2n) is 2.38. The molecule has 2 aliphatic rings. The summed E-state index contributed by atoms with van der Waals surface area (Å²) in [7, 11) is 0. The van der Waals surface area contributed by atoms with Gasteiger partial charge in [-0.05, 0) is 0 Å². The molecule has 3 heteroatoms. The van der Waals surface area contributed by atoms with Crippen molar-refractivity contribution in [2.45, 2.75) is 6.42 Å². The summed E-state index contributed by atoms with van der Waals surface area (Å²) in [5.74, 6) is 1.00. The zero-order chi connectivity index (χ0) is 6.97. The molecule has 10 heavy (non-hydrogen) atoms. The Balaban J connectivity index is 2.30. The minimum Gasteiger partial charge on any atom is -0.478 e. The van der Waals surface area contributed by atoms with Gasteiger partial charge in [0.25, 0.3) is 0 Å². The van der Waals surface area contributed by atoms with Crippen molar-refractivity contribution in [2.75, 3.05) is 13.2 Å². The maximum Gasteiger partial charge on any atom is 0.203 e. The fraction of sp³-hybridized carbons (Fsp3) is 0.429. The first-order valence-electron chi connectivity index (χ1n) is 3.34. The van der Waals surface area contributed by atoms with Gasteiger partial charge in [-0.1, -0.05) is 12.2 Å². The Morgan fingerprint density at radius 3 is 3.30 bits per heavy atom. The predicted molar refractivity (Wildman–Crippen MR) is 42.4 cm³/mol. The van der Waals surface area contributed by atoms with Gasteiger partial charge < -0.3 is 4.74 Å². The molecule has 2 nitrogen and oxygen atoms in total. The molecule has 0 atom stereocenters. The van der Waals surface area contributed by atoms with Gasteiger partial charge in [0.15, 0.2) is 0 Å². The molecule has 0 aromatic heterocycles. The minimum absolute atomic E-state index is 0.830. The summed E-state index contributed by atoms with van der Waals surface area (Å²) >= 11 is 3.39. The lowest BCUT2D eigenvalue weighted by Crippen LogP contribution is -2.14. The van der Waals surface area contributed by atoms with Crippen molar-refractivity contribution in [3.05, 3.63) is 23.6 Å². The van der Waals surface area contributed by atoms with Crippen molar-refractivity contribution >= 4 is 16.1 Å². The van der Waals surface area contributed by atoms with Gasteiger partial charge in [-0.15, -0.1) is 0 Å². The Morgan fingerprint density at radius 1 is 1.60 bits per heavy atom. The zero-order valence-corrected chi connectivity index (χ0v) is 7.10. The summed E-state index contributed by atoms with van der Waals surface area (Å²) in [5, 5.41) is 0. The van der Waals surface area contributed by atoms with Gasteiger partial charge in [0, 0.05) is 12.0 Å². The van der Waals surface area contributed by atoms with Crippen molar-refractivity contribution in [2.24, 2.45) is 0 Å². The number of halogens is 1. The molecule has 2 aliphatic heterocycles. The Kier molecular flexibility index (Phi) is 1.45. The minimum atomic E-state index is 0.830. The molecule has 0 saturated carbocycles. The zero-order valence-electron chi connectivity index (χ0n) is 5.51. The topological polar surface area (TPSA) is 12.5 Å². The largest absolute Gasteiger partial charge is 0.478 e. The van der Waals surface area contributed by atoms with E-state index in [4.69, 9.17) is 4.74 Å². The van der Waals surface area contributed by atoms with Crippen molar-refractivity contribution in [1.82, 2.24) is 3.93 Å². The molecule has 54 valence electrons. The molecule has 2 heterocycles. The lowest BCUT2D eigenvalue weighted by atomic mass is 10.2. The molecule has 0 aromatic carbocycles. The van der Waals surface area contributed by atoms with Gasteiger partial charge in [-0.2, -0.15) is 0 Å². The molecule has 0 N–H and O–H groups in total. The van der Waals surface area contributed by atoms with Gasteiger partial charge >= 0.3 is 0 Å². The average molecular weight is 202 g/mol. The lowest BCUT2D eigenvalue weighted by molar-refractivity contribution is 0.194. The summed E-state index contributed by atoms with van der Waals surface area (Å²) in [5.41, 5.74) is 1.31. The summed E-state index contributed by atoms with van der Waals surface area (Å²) < 4.78 is 7.33.